The van der Waals surface area contributed by atoms with Crippen LogP contribution < -0.4 is 26.6 Å². The molecule has 1 saturated heterocycles. The number of Topliss-reactive ketones (excluding diaryl/α,β-unsaturated/α-hetero) is 1. The van der Waals surface area contributed by atoms with Gasteiger partial charge in [-0.1, -0.05) is 76.1 Å². The number of likely N-dealkylation sites (N-methyl/N-ethyl adjacent to an activating group) is 1. The van der Waals surface area contributed by atoms with E-state index in [9.17, 15) is 52.7 Å². The van der Waals surface area contributed by atoms with Crippen LogP contribution in [0.3, 0.4) is 0 Å². The number of nitrogens with zero attached hydrogens (tertiary/aromatic N) is 4. The molecule has 532 valence electrons. The number of unbranched alkanes of at least 4 members (excludes halogenated alkanes) is 1. The van der Waals surface area contributed by atoms with Gasteiger partial charge in [-0.25, -0.2) is 4.98 Å². The van der Waals surface area contributed by atoms with Gasteiger partial charge in [-0.05, 0) is 135 Å². The van der Waals surface area contributed by atoms with Crippen LogP contribution in [0, 0.1) is 31.6 Å². The number of aryl methyl sites for hydroxylation is 3. The van der Waals surface area contributed by atoms with Crippen LogP contribution in [0.5, 0.6) is 0 Å². The Morgan fingerprint density at radius 1 is 0.865 bits per heavy atom. The summed E-state index contributed by atoms with van der Waals surface area (Å²) in [4.78, 5) is 156. The van der Waals surface area contributed by atoms with Crippen LogP contribution >= 0.6 is 23.1 Å². The summed E-state index contributed by atoms with van der Waals surface area (Å²) in [6.07, 6.45) is 3.19. The lowest BCUT2D eigenvalue weighted by Gasteiger charge is -2.38. The lowest BCUT2D eigenvalue weighted by molar-refractivity contribution is -0.152. The molecule has 0 saturated carbocycles. The minimum Gasteiger partial charge on any atom is -0.465 e. The van der Waals surface area contributed by atoms with Crippen LogP contribution in [-0.2, 0) is 79.7 Å². The van der Waals surface area contributed by atoms with Gasteiger partial charge in [0, 0.05) is 94.8 Å². The average molecular weight is 1380 g/mol. The number of methoxy groups -OCH3 is 1. The lowest BCUT2D eigenvalue weighted by atomic mass is 9.81. The monoisotopic (exact) mass is 1380 g/mol. The molecule has 5 N–H and O–H groups in total. The molecule has 3 aromatic rings. The number of thiazole rings is 1. The topological polar surface area (TPSA) is 307 Å². The summed E-state index contributed by atoms with van der Waals surface area (Å²) in [5.74, 6) is -4.82. The molecule has 0 aliphatic carbocycles. The highest BCUT2D eigenvalue weighted by Gasteiger charge is 2.40. The number of amides is 8. The summed E-state index contributed by atoms with van der Waals surface area (Å²) >= 11 is 2.44. The zero-order chi connectivity index (χ0) is 71.4. The van der Waals surface area contributed by atoms with E-state index in [0.29, 0.717) is 61.4 Å². The Labute approximate surface area is 575 Å². The van der Waals surface area contributed by atoms with E-state index >= 15 is 0 Å². The van der Waals surface area contributed by atoms with Crippen molar-refractivity contribution >= 4 is 94.3 Å². The molecular weight excluding hydrogens is 1270 g/mol. The molecule has 1 aliphatic rings. The number of ketones is 1. The molecule has 4 rings (SSSR count). The number of imide groups is 1. The standard InChI is InChI=1S/C70H105N9O15S2/c1-16-45(5)52(37-59(81)70(9,10)77(11)12)68(89)78(13)56(43(2)3)38-57(67-76-55(41-96-67)66(88)73-51(35-47(7)93-42-80)36-50-24-22-44(4)23-25-50)94-63(85)29-27-49-26-28-53(46(6)34-49)74-65(87)54(20-17-18-30-71-61(83)40-92-33-32-91-14)75-64(86)48(8)72-60(82)21-19-31-79-62(84)39-58(95-15)69(79)90/h22-26,28,34,41-43,45,47-48,51-52,54,56-58H,16-21,27,29-33,35-40H2,1-15H3,(H,71,83)(H,72,82)(H,73,88)(H,74,87)(H,75,86)/t45?,47?,48?,51-,52+,54?,56-,57-,58?/m1/s1. The van der Waals surface area contributed by atoms with Crippen molar-refractivity contribution < 1.29 is 71.7 Å². The van der Waals surface area contributed by atoms with E-state index in [1.54, 1.807) is 49.6 Å². The largest absolute Gasteiger partial charge is 0.465 e. The van der Waals surface area contributed by atoms with E-state index < -0.39 is 82.7 Å². The first-order chi connectivity index (χ1) is 45.4. The van der Waals surface area contributed by atoms with Crippen molar-refractivity contribution in [1.29, 1.82) is 0 Å². The van der Waals surface area contributed by atoms with Gasteiger partial charge in [0.05, 0.1) is 24.0 Å². The average Bonchev–Trinajstić information content (AvgIpc) is 1.43. The van der Waals surface area contributed by atoms with Gasteiger partial charge in [0.25, 0.3) is 12.4 Å². The Morgan fingerprint density at radius 2 is 1.56 bits per heavy atom. The maximum absolute atomic E-state index is 14.8. The predicted molar refractivity (Wildman–Crippen MR) is 370 cm³/mol. The summed E-state index contributed by atoms with van der Waals surface area (Å²) in [6, 6.07) is 10.1. The molecule has 0 radical (unpaired) electrons. The Bertz CT molecular complexity index is 3090. The van der Waals surface area contributed by atoms with E-state index in [1.165, 1.54) is 25.8 Å². The fourth-order valence-corrected chi connectivity index (χ4v) is 12.4. The lowest BCUT2D eigenvalue weighted by Crippen LogP contribution is -2.51. The molecule has 1 aliphatic heterocycles. The second-order valence-corrected chi connectivity index (χ2v) is 28.0. The summed E-state index contributed by atoms with van der Waals surface area (Å²) in [5.41, 5.74) is 3.11. The number of anilines is 1. The van der Waals surface area contributed by atoms with Crippen LogP contribution in [0.2, 0.25) is 0 Å². The van der Waals surface area contributed by atoms with Crippen LogP contribution in [0.25, 0.3) is 0 Å². The fraction of sp³-hybridized carbons (Fsp3) is 0.629. The first-order valence-corrected chi connectivity index (χ1v) is 35.4. The normalized spacial score (nSPS) is 15.8. The van der Waals surface area contributed by atoms with Crippen molar-refractivity contribution in [2.45, 2.75) is 200 Å². The number of carbonyl (C=O) groups is 11. The van der Waals surface area contributed by atoms with E-state index in [2.05, 4.69) is 26.6 Å². The number of likely N-dealkylation sites (tertiary alicyclic amines) is 1. The van der Waals surface area contributed by atoms with Crippen molar-refractivity contribution in [1.82, 2.24) is 41.0 Å². The fourth-order valence-electron chi connectivity index (χ4n) is 11.0. The summed E-state index contributed by atoms with van der Waals surface area (Å²) in [6.45, 7) is 19.7. The predicted octanol–water partition coefficient (Wildman–Crippen LogP) is 7.25. The SMILES string of the molecule is CCC(C)[C@H](CC(=O)C(C)(C)N(C)C)C(=O)N(C)[C@H](C[C@@H](OC(=O)CCc1ccc(NC(=O)C(CCCCNC(=O)COCCOC)NC(=O)C(C)NC(=O)CCCN2C(=O)CC(SC)C2=O)c(C)c1)c1nc(C(=O)N[C@@H](Cc2ccc(C)cc2)CC(C)OC=O)cs1)C(C)C. The Balaban J connectivity index is 1.55. The Kier molecular flexibility index (Phi) is 34.3. The van der Waals surface area contributed by atoms with Crippen molar-refractivity contribution in [3.8, 4) is 0 Å². The molecule has 9 atom stereocenters. The van der Waals surface area contributed by atoms with Crippen molar-refractivity contribution in [2.24, 2.45) is 17.8 Å². The first kappa shape index (κ1) is 81.3. The molecule has 1 aromatic heterocycles. The molecule has 2 aromatic carbocycles. The van der Waals surface area contributed by atoms with Gasteiger partial charge in [0.1, 0.15) is 35.5 Å². The van der Waals surface area contributed by atoms with Crippen LogP contribution in [-0.4, -0.2) is 194 Å². The molecule has 96 heavy (non-hydrogen) atoms. The van der Waals surface area contributed by atoms with Gasteiger partial charge in [0.15, 0.2) is 11.9 Å². The molecule has 26 heteroatoms. The number of thioether (sulfide) groups is 1. The quantitative estimate of drug-likeness (QED) is 0.0161. The molecule has 24 nitrogen and oxygen atoms in total. The minimum absolute atomic E-state index is 0.0331. The van der Waals surface area contributed by atoms with Crippen molar-refractivity contribution in [3.05, 3.63) is 80.8 Å². The van der Waals surface area contributed by atoms with Gasteiger partial charge >= 0.3 is 5.97 Å². The molecule has 5 unspecified atom stereocenters. The number of nitrogens with one attached hydrogen (secondary N) is 5. The van der Waals surface area contributed by atoms with Gasteiger partial charge in [-0.3, -0.25) is 62.5 Å². The van der Waals surface area contributed by atoms with Gasteiger partial charge in [0.2, 0.25) is 41.4 Å². The summed E-state index contributed by atoms with van der Waals surface area (Å²) in [7, 11) is 6.91. The van der Waals surface area contributed by atoms with E-state index in [0.717, 1.165) is 32.9 Å². The highest BCUT2D eigenvalue weighted by atomic mass is 32.2. The number of aromatic nitrogens is 1. The number of esters is 1. The highest BCUT2D eigenvalue weighted by molar-refractivity contribution is 8.00. The molecule has 8 amide bonds. The zero-order valence-corrected chi connectivity index (χ0v) is 60.6. The number of rotatable bonds is 44. The maximum atomic E-state index is 14.8. The first-order valence-electron chi connectivity index (χ1n) is 33.2. The van der Waals surface area contributed by atoms with E-state index in [-0.39, 0.29) is 125 Å². The second-order valence-electron chi connectivity index (χ2n) is 26.1. The van der Waals surface area contributed by atoms with Gasteiger partial charge in [-0.2, -0.15) is 11.8 Å². The summed E-state index contributed by atoms with van der Waals surface area (Å²) in [5, 5.41) is 15.7. The smallest absolute Gasteiger partial charge is 0.306 e. The van der Waals surface area contributed by atoms with Gasteiger partial charge < -0.3 is 50.4 Å². The van der Waals surface area contributed by atoms with Crippen LogP contribution in [0.15, 0.2) is 47.8 Å². The molecule has 0 bridgehead atoms. The Hall–Kier alpha value is -7.13. The van der Waals surface area contributed by atoms with E-state index in [4.69, 9.17) is 23.9 Å². The summed E-state index contributed by atoms with van der Waals surface area (Å²) < 4.78 is 21.8. The van der Waals surface area contributed by atoms with Crippen molar-refractivity contribution in [3.63, 3.8) is 0 Å². The highest BCUT2D eigenvalue weighted by Crippen LogP contribution is 2.34. The molecule has 2 heterocycles. The zero-order valence-electron chi connectivity index (χ0n) is 58.9. The third-order valence-corrected chi connectivity index (χ3v) is 19.7. The van der Waals surface area contributed by atoms with Crippen LogP contribution in [0.4, 0.5) is 5.69 Å². The van der Waals surface area contributed by atoms with E-state index in [1.807, 2.05) is 97.8 Å². The van der Waals surface area contributed by atoms with Gasteiger partial charge in [-0.15, -0.1) is 11.3 Å². The number of benzene rings is 2. The second kappa shape index (κ2) is 40.6. The molecule has 1 fully saturated rings. The maximum Gasteiger partial charge on any atom is 0.306 e. The number of hydrogen-bond donors (Lipinski definition) is 5. The molecule has 0 spiro atoms. The number of ether oxygens (including phenoxy) is 4. The third-order valence-electron chi connectivity index (χ3n) is 17.8. The van der Waals surface area contributed by atoms with Crippen LogP contribution in [0.1, 0.15) is 170 Å². The number of carbonyl (C=O) groups excluding carboxylic acids is 11. The van der Waals surface area contributed by atoms with Crippen molar-refractivity contribution in [2.75, 3.05) is 72.7 Å². The Morgan fingerprint density at radius 3 is 2.19 bits per heavy atom. The molecular formula is C70H105N9O15S2. The third kappa shape index (κ3) is 26.0. The number of hydrogen-bond acceptors (Lipinski definition) is 19. The minimum atomic E-state index is -1.08.